The maximum Gasteiger partial charge on any atom is 0.327 e. The summed E-state index contributed by atoms with van der Waals surface area (Å²) in [5, 5.41) is 27.5. The number of carbonyl (C=O) groups is 4. The maximum absolute atomic E-state index is 13.4. The molecule has 0 aliphatic rings. The Balaban J connectivity index is 1.88. The second-order valence-corrected chi connectivity index (χ2v) is 9.29. The van der Waals surface area contributed by atoms with Crippen LogP contribution in [0.25, 0.3) is 10.9 Å². The number of nitrogens with one attached hydrogen (secondary N) is 4. The second-order valence-electron chi connectivity index (χ2n) is 8.93. The number of carboxylic acids is 1. The number of carbonyl (C=O) groups excluding carboxylic acids is 3. The van der Waals surface area contributed by atoms with Crippen LogP contribution in [-0.4, -0.2) is 68.8 Å². The molecular weight excluding hydrogens is 510 g/mol. The van der Waals surface area contributed by atoms with Crippen molar-refractivity contribution in [3.8, 4) is 5.75 Å². The first-order valence-corrected chi connectivity index (χ1v) is 12.6. The molecule has 3 rings (SSSR count). The summed E-state index contributed by atoms with van der Waals surface area (Å²) in [5.41, 5.74) is 7.89. The molecule has 3 amide bonds. The molecule has 0 bridgehead atoms. The van der Waals surface area contributed by atoms with Gasteiger partial charge in [-0.05, 0) is 36.2 Å². The maximum atomic E-state index is 13.4. The number of aromatic hydroxyl groups is 1. The highest BCUT2D eigenvalue weighted by molar-refractivity contribution is 7.80. The van der Waals surface area contributed by atoms with Gasteiger partial charge in [-0.15, -0.1) is 0 Å². The number of aromatic nitrogens is 1. The fourth-order valence-corrected chi connectivity index (χ4v) is 4.09. The van der Waals surface area contributed by atoms with Crippen molar-refractivity contribution in [1.82, 2.24) is 20.9 Å². The number of nitrogens with two attached hydrogens (primary N) is 1. The number of thiol groups is 1. The Bertz CT molecular complexity index is 1290. The number of benzene rings is 2. The van der Waals surface area contributed by atoms with Crippen molar-refractivity contribution in [1.29, 1.82) is 0 Å². The van der Waals surface area contributed by atoms with Crippen LogP contribution >= 0.6 is 12.6 Å². The van der Waals surface area contributed by atoms with Gasteiger partial charge in [-0.1, -0.05) is 30.3 Å². The van der Waals surface area contributed by atoms with Crippen molar-refractivity contribution in [2.45, 2.75) is 43.9 Å². The molecule has 12 heteroatoms. The predicted molar refractivity (Wildman–Crippen MR) is 145 cm³/mol. The van der Waals surface area contributed by atoms with Crippen molar-refractivity contribution in [2.24, 2.45) is 5.73 Å². The van der Waals surface area contributed by atoms with Gasteiger partial charge >= 0.3 is 5.97 Å². The van der Waals surface area contributed by atoms with E-state index in [0.29, 0.717) is 5.56 Å². The van der Waals surface area contributed by atoms with Crippen molar-refractivity contribution in [3.05, 3.63) is 65.9 Å². The van der Waals surface area contributed by atoms with Gasteiger partial charge in [-0.3, -0.25) is 14.4 Å². The second kappa shape index (κ2) is 13.0. The normalized spacial score (nSPS) is 14.2. The van der Waals surface area contributed by atoms with Crippen LogP contribution in [0.5, 0.6) is 5.75 Å². The van der Waals surface area contributed by atoms with E-state index in [0.717, 1.165) is 16.5 Å². The SMILES string of the molecule is CC(N)C(=O)NC(Cc1ccc(O)cc1)C(=O)NC(Cc1c[nH]c2ccccc12)C(=O)NC(CS)C(=O)O. The Hall–Kier alpha value is -4.03. The lowest BCUT2D eigenvalue weighted by Gasteiger charge is -2.25. The molecular formula is C26H31N5O6S. The van der Waals surface area contributed by atoms with E-state index in [4.69, 9.17) is 5.73 Å². The number of hydrogen-bond donors (Lipinski definition) is 8. The molecule has 11 nitrogen and oxygen atoms in total. The Morgan fingerprint density at radius 1 is 0.895 bits per heavy atom. The fraction of sp³-hybridized carbons (Fsp3) is 0.308. The zero-order valence-corrected chi connectivity index (χ0v) is 21.6. The lowest BCUT2D eigenvalue weighted by atomic mass is 10.0. The van der Waals surface area contributed by atoms with E-state index in [2.05, 4.69) is 33.6 Å². The summed E-state index contributed by atoms with van der Waals surface area (Å²) in [7, 11) is 0. The summed E-state index contributed by atoms with van der Waals surface area (Å²) in [6, 6.07) is 9.12. The van der Waals surface area contributed by atoms with E-state index in [1.54, 1.807) is 18.3 Å². The number of carboxylic acid groups (broad SMARTS) is 1. The number of aromatic amines is 1. The lowest BCUT2D eigenvalue weighted by molar-refractivity contribution is -0.141. The van der Waals surface area contributed by atoms with E-state index in [1.165, 1.54) is 19.1 Å². The molecule has 3 aromatic rings. The van der Waals surface area contributed by atoms with Gasteiger partial charge in [0, 0.05) is 35.7 Å². The molecule has 0 saturated carbocycles. The Kier molecular flexibility index (Phi) is 9.74. The first-order valence-electron chi connectivity index (χ1n) is 11.9. The highest BCUT2D eigenvalue weighted by atomic mass is 32.1. The highest BCUT2D eigenvalue weighted by Gasteiger charge is 2.30. The summed E-state index contributed by atoms with van der Waals surface area (Å²) in [4.78, 5) is 53.6. The quantitative estimate of drug-likeness (QED) is 0.153. The minimum atomic E-state index is -1.27. The van der Waals surface area contributed by atoms with E-state index >= 15 is 0 Å². The number of fused-ring (bicyclic) bond motifs is 1. The number of para-hydroxylation sites is 1. The average Bonchev–Trinajstić information content (AvgIpc) is 3.29. The molecule has 8 N–H and O–H groups in total. The third kappa shape index (κ3) is 7.49. The van der Waals surface area contributed by atoms with Gasteiger partial charge in [0.05, 0.1) is 6.04 Å². The molecule has 202 valence electrons. The molecule has 0 saturated heterocycles. The van der Waals surface area contributed by atoms with Crippen LogP contribution in [-0.2, 0) is 32.0 Å². The van der Waals surface area contributed by atoms with Crippen LogP contribution in [0, 0.1) is 0 Å². The number of aliphatic carboxylic acids is 1. The number of H-pyrrole nitrogens is 1. The van der Waals surface area contributed by atoms with E-state index in [9.17, 15) is 29.4 Å². The molecule has 0 radical (unpaired) electrons. The Morgan fingerprint density at radius 2 is 1.47 bits per heavy atom. The standard InChI is InChI=1S/C26H31N5O6S/c1-14(27)23(33)29-20(10-15-6-8-17(32)9-7-15)24(34)30-21(25(35)31-22(13-38)26(36)37)11-16-12-28-19-5-3-2-4-18(16)19/h2-9,12,14,20-22,28,32,38H,10-11,13,27H2,1H3,(H,29,33)(H,30,34)(H,31,35)(H,36,37). The van der Waals surface area contributed by atoms with Crippen molar-refractivity contribution in [2.75, 3.05) is 5.75 Å². The van der Waals surface area contributed by atoms with E-state index in [-0.39, 0.29) is 24.3 Å². The number of phenolic OH excluding ortho intramolecular Hbond substituents is 1. The monoisotopic (exact) mass is 541 g/mol. The molecule has 38 heavy (non-hydrogen) atoms. The summed E-state index contributed by atoms with van der Waals surface area (Å²) in [6.07, 6.45) is 1.82. The minimum Gasteiger partial charge on any atom is -0.508 e. The van der Waals surface area contributed by atoms with Gasteiger partial charge in [-0.2, -0.15) is 12.6 Å². The number of hydrogen-bond acceptors (Lipinski definition) is 7. The Labute approximate surface area is 224 Å². The lowest BCUT2D eigenvalue weighted by Crippen LogP contribution is -2.58. The van der Waals surface area contributed by atoms with Gasteiger partial charge < -0.3 is 36.9 Å². The zero-order chi connectivity index (χ0) is 27.8. The van der Waals surface area contributed by atoms with E-state index in [1.807, 2.05) is 24.3 Å². The van der Waals surface area contributed by atoms with Gasteiger partial charge in [0.1, 0.15) is 23.9 Å². The van der Waals surface area contributed by atoms with Crippen LogP contribution < -0.4 is 21.7 Å². The van der Waals surface area contributed by atoms with Gasteiger partial charge in [0.15, 0.2) is 0 Å². The van der Waals surface area contributed by atoms with Crippen molar-refractivity contribution in [3.63, 3.8) is 0 Å². The van der Waals surface area contributed by atoms with Crippen LogP contribution in [0.3, 0.4) is 0 Å². The van der Waals surface area contributed by atoms with Crippen molar-refractivity contribution >= 4 is 47.2 Å². The van der Waals surface area contributed by atoms with Gasteiger partial charge in [0.25, 0.3) is 0 Å². The first-order chi connectivity index (χ1) is 18.1. The van der Waals surface area contributed by atoms with Crippen LogP contribution in [0.2, 0.25) is 0 Å². The summed E-state index contributed by atoms with van der Waals surface area (Å²) in [5.74, 6) is -3.32. The Morgan fingerprint density at radius 3 is 2.08 bits per heavy atom. The molecule has 2 aromatic carbocycles. The minimum absolute atomic E-state index is 0.0435. The van der Waals surface area contributed by atoms with Gasteiger partial charge in [0.2, 0.25) is 17.7 Å². The number of rotatable bonds is 12. The molecule has 1 aromatic heterocycles. The number of amides is 3. The average molecular weight is 542 g/mol. The largest absolute Gasteiger partial charge is 0.508 e. The first kappa shape index (κ1) is 28.5. The summed E-state index contributed by atoms with van der Waals surface area (Å²) in [6.45, 7) is 1.47. The van der Waals surface area contributed by atoms with Crippen LogP contribution in [0.1, 0.15) is 18.1 Å². The van der Waals surface area contributed by atoms with Crippen LogP contribution in [0.15, 0.2) is 54.7 Å². The number of phenols is 1. The fourth-order valence-electron chi connectivity index (χ4n) is 3.84. The topological polar surface area (TPSA) is 187 Å². The molecule has 0 aliphatic heterocycles. The zero-order valence-electron chi connectivity index (χ0n) is 20.7. The highest BCUT2D eigenvalue weighted by Crippen LogP contribution is 2.19. The van der Waals surface area contributed by atoms with Crippen molar-refractivity contribution < 1.29 is 29.4 Å². The third-order valence-electron chi connectivity index (χ3n) is 5.95. The molecule has 4 unspecified atom stereocenters. The third-order valence-corrected chi connectivity index (χ3v) is 6.32. The molecule has 0 aliphatic carbocycles. The molecule has 0 spiro atoms. The molecule has 1 heterocycles. The smallest absolute Gasteiger partial charge is 0.327 e. The summed E-state index contributed by atoms with van der Waals surface area (Å²) >= 11 is 3.99. The van der Waals surface area contributed by atoms with Gasteiger partial charge in [-0.25, -0.2) is 4.79 Å². The van der Waals surface area contributed by atoms with E-state index < -0.39 is 47.9 Å². The van der Waals surface area contributed by atoms with Crippen LogP contribution in [0.4, 0.5) is 0 Å². The predicted octanol–water partition coefficient (Wildman–Crippen LogP) is 0.475. The summed E-state index contributed by atoms with van der Waals surface area (Å²) < 4.78 is 0. The molecule has 4 atom stereocenters. The molecule has 0 fully saturated rings.